The highest BCUT2D eigenvalue weighted by atomic mass is 19.1. The number of fused-ring (bicyclic) bond motifs is 1. The minimum absolute atomic E-state index is 0.0430. The Bertz CT molecular complexity index is 856. The van der Waals surface area contributed by atoms with Crippen LogP contribution in [0.2, 0.25) is 0 Å². The van der Waals surface area contributed by atoms with Crippen LogP contribution in [0.1, 0.15) is 23.2 Å². The summed E-state index contributed by atoms with van der Waals surface area (Å²) < 4.78 is 15.7. The number of phenols is 1. The summed E-state index contributed by atoms with van der Waals surface area (Å²) in [5.74, 6) is -2.52. The minimum Gasteiger partial charge on any atom is -0.504 e. The van der Waals surface area contributed by atoms with E-state index >= 15 is 0 Å². The van der Waals surface area contributed by atoms with E-state index in [1.807, 2.05) is 0 Å². The van der Waals surface area contributed by atoms with Crippen LogP contribution in [0.25, 0.3) is 10.9 Å². The van der Waals surface area contributed by atoms with Crippen molar-refractivity contribution >= 4 is 22.6 Å². The van der Waals surface area contributed by atoms with Crippen molar-refractivity contribution in [2.45, 2.75) is 12.8 Å². The molecule has 8 heteroatoms. The van der Waals surface area contributed by atoms with Crippen molar-refractivity contribution < 1.29 is 19.4 Å². The average molecular weight is 321 g/mol. The Kier molecular flexibility index (Phi) is 3.59. The lowest BCUT2D eigenvalue weighted by Gasteiger charge is -2.22. The van der Waals surface area contributed by atoms with E-state index in [4.69, 9.17) is 5.11 Å². The van der Waals surface area contributed by atoms with Gasteiger partial charge in [-0.25, -0.2) is 9.18 Å². The Hall–Kier alpha value is -2.77. The van der Waals surface area contributed by atoms with Gasteiger partial charge < -0.3 is 20.5 Å². The number of phenolic OH excluding ortho intramolecular Hbond substituents is 1. The fourth-order valence-corrected chi connectivity index (χ4v) is 3.00. The highest BCUT2D eigenvalue weighted by Crippen LogP contribution is 2.38. The Balaban J connectivity index is 2.39. The molecular weight excluding hydrogens is 305 g/mol. The SMILES string of the molecule is CNn1cc(C(=O)O)c(=O)c2cc(F)c(N3CCCC3)c(O)c21. The molecule has 1 saturated heterocycles. The van der Waals surface area contributed by atoms with Gasteiger partial charge in [0, 0.05) is 26.3 Å². The van der Waals surface area contributed by atoms with Crippen molar-refractivity contribution in [2.24, 2.45) is 0 Å². The third kappa shape index (κ3) is 2.26. The lowest BCUT2D eigenvalue weighted by Crippen LogP contribution is -2.24. The number of aromatic carboxylic acids is 1. The molecule has 0 radical (unpaired) electrons. The maximum Gasteiger partial charge on any atom is 0.341 e. The number of halogens is 1. The zero-order valence-corrected chi connectivity index (χ0v) is 12.5. The molecule has 0 aliphatic carbocycles. The molecule has 0 bridgehead atoms. The van der Waals surface area contributed by atoms with Gasteiger partial charge in [0.05, 0.1) is 5.39 Å². The predicted molar refractivity (Wildman–Crippen MR) is 83.5 cm³/mol. The number of pyridine rings is 1. The first-order valence-corrected chi connectivity index (χ1v) is 7.22. The van der Waals surface area contributed by atoms with Crippen LogP contribution in [-0.2, 0) is 0 Å². The normalized spacial score (nSPS) is 14.4. The summed E-state index contributed by atoms with van der Waals surface area (Å²) in [5, 5.41) is 19.4. The number of hydrogen-bond acceptors (Lipinski definition) is 5. The number of nitrogens with zero attached hydrogens (tertiary/aromatic N) is 2. The number of aromatic nitrogens is 1. The zero-order valence-electron chi connectivity index (χ0n) is 12.5. The lowest BCUT2D eigenvalue weighted by molar-refractivity contribution is 0.0695. The van der Waals surface area contributed by atoms with Gasteiger partial charge in [0.15, 0.2) is 11.6 Å². The molecule has 7 nitrogen and oxygen atoms in total. The van der Waals surface area contributed by atoms with Crippen molar-refractivity contribution in [3.05, 3.63) is 33.9 Å². The van der Waals surface area contributed by atoms with Crippen LogP contribution in [0, 0.1) is 5.82 Å². The predicted octanol–water partition coefficient (Wildman–Crippen LogP) is 1.32. The standard InChI is InChI=1S/C15H16FN3O4/c1-17-19-7-9(15(22)23)13(20)8-6-10(16)12(14(21)11(8)19)18-4-2-3-5-18/h6-7,17,21H,2-5H2,1H3,(H,22,23). The molecule has 3 rings (SSSR count). The van der Waals surface area contributed by atoms with Gasteiger partial charge in [-0.15, -0.1) is 0 Å². The minimum atomic E-state index is -1.41. The summed E-state index contributed by atoms with van der Waals surface area (Å²) in [6.07, 6.45) is 2.87. The first-order chi connectivity index (χ1) is 11.0. The summed E-state index contributed by atoms with van der Waals surface area (Å²) in [6, 6.07) is 0.991. The van der Waals surface area contributed by atoms with Crippen molar-refractivity contribution in [1.29, 1.82) is 0 Å². The van der Waals surface area contributed by atoms with Gasteiger partial charge in [0.25, 0.3) is 0 Å². The summed E-state index contributed by atoms with van der Waals surface area (Å²) >= 11 is 0. The summed E-state index contributed by atoms with van der Waals surface area (Å²) in [7, 11) is 1.51. The molecule has 0 spiro atoms. The molecule has 122 valence electrons. The summed E-state index contributed by atoms with van der Waals surface area (Å²) in [6.45, 7) is 1.24. The largest absolute Gasteiger partial charge is 0.504 e. The Morgan fingerprint density at radius 3 is 2.57 bits per heavy atom. The van der Waals surface area contributed by atoms with E-state index in [1.165, 1.54) is 11.7 Å². The van der Waals surface area contributed by atoms with E-state index in [-0.39, 0.29) is 22.3 Å². The lowest BCUT2D eigenvalue weighted by atomic mass is 10.1. The van der Waals surface area contributed by atoms with E-state index in [2.05, 4.69) is 5.43 Å². The van der Waals surface area contributed by atoms with Gasteiger partial charge in [0.1, 0.15) is 16.8 Å². The molecule has 23 heavy (non-hydrogen) atoms. The topological polar surface area (TPSA) is 94.8 Å². The monoisotopic (exact) mass is 321 g/mol. The van der Waals surface area contributed by atoms with Gasteiger partial charge in [-0.1, -0.05) is 0 Å². The Morgan fingerprint density at radius 2 is 2.00 bits per heavy atom. The van der Waals surface area contributed by atoms with Crippen LogP contribution in [0.5, 0.6) is 5.75 Å². The van der Waals surface area contributed by atoms with E-state index in [9.17, 15) is 19.1 Å². The number of hydrogen-bond donors (Lipinski definition) is 3. The maximum absolute atomic E-state index is 14.5. The third-order valence-corrected chi connectivity index (χ3v) is 4.08. The number of carbonyl (C=O) groups is 1. The molecule has 1 aromatic heterocycles. The second-order valence-electron chi connectivity index (χ2n) is 5.42. The smallest absolute Gasteiger partial charge is 0.341 e. The zero-order chi connectivity index (χ0) is 16.7. The van der Waals surface area contributed by atoms with Crippen LogP contribution in [0.3, 0.4) is 0 Å². The Labute approximate surface area is 130 Å². The quantitative estimate of drug-likeness (QED) is 0.789. The highest BCUT2D eigenvalue weighted by molar-refractivity contribution is 5.96. The van der Waals surface area contributed by atoms with Crippen LogP contribution in [-0.4, -0.2) is 41.0 Å². The van der Waals surface area contributed by atoms with Crippen molar-refractivity contribution in [1.82, 2.24) is 4.68 Å². The first kappa shape index (κ1) is 15.1. The molecule has 3 N–H and O–H groups in total. The second-order valence-corrected chi connectivity index (χ2v) is 5.42. The molecule has 2 heterocycles. The molecule has 1 aliphatic rings. The van der Waals surface area contributed by atoms with E-state index in [0.29, 0.717) is 13.1 Å². The number of anilines is 1. The van der Waals surface area contributed by atoms with E-state index < -0.39 is 22.8 Å². The van der Waals surface area contributed by atoms with E-state index in [1.54, 1.807) is 4.90 Å². The van der Waals surface area contributed by atoms with Crippen molar-refractivity contribution in [3.8, 4) is 5.75 Å². The first-order valence-electron chi connectivity index (χ1n) is 7.22. The fraction of sp³-hybridized carbons (Fsp3) is 0.333. The fourth-order valence-electron chi connectivity index (χ4n) is 3.00. The van der Waals surface area contributed by atoms with Crippen LogP contribution in [0.4, 0.5) is 10.1 Å². The Morgan fingerprint density at radius 1 is 1.35 bits per heavy atom. The van der Waals surface area contributed by atoms with Crippen LogP contribution < -0.4 is 15.8 Å². The summed E-state index contributed by atoms with van der Waals surface area (Å²) in [4.78, 5) is 25.2. The molecule has 0 atom stereocenters. The molecule has 1 aliphatic heterocycles. The van der Waals surface area contributed by atoms with Gasteiger partial charge in [-0.2, -0.15) is 0 Å². The maximum atomic E-state index is 14.5. The summed E-state index contributed by atoms with van der Waals surface area (Å²) in [5.41, 5.74) is 1.46. The van der Waals surface area contributed by atoms with Gasteiger partial charge in [-0.3, -0.25) is 9.47 Å². The molecule has 1 aromatic carbocycles. The molecule has 0 unspecified atom stereocenters. The molecule has 2 aromatic rings. The number of rotatable bonds is 3. The molecule has 0 amide bonds. The number of nitrogens with one attached hydrogen (secondary N) is 1. The van der Waals surface area contributed by atoms with Gasteiger partial charge >= 0.3 is 5.97 Å². The third-order valence-electron chi connectivity index (χ3n) is 4.08. The number of carboxylic acids is 1. The molecular formula is C15H16FN3O4. The number of aromatic hydroxyl groups is 1. The van der Waals surface area contributed by atoms with Crippen molar-refractivity contribution in [2.75, 3.05) is 30.5 Å². The van der Waals surface area contributed by atoms with Crippen molar-refractivity contribution in [3.63, 3.8) is 0 Å². The number of benzene rings is 1. The van der Waals surface area contributed by atoms with Gasteiger partial charge in [0.2, 0.25) is 5.43 Å². The average Bonchev–Trinajstić information content (AvgIpc) is 3.02. The van der Waals surface area contributed by atoms with Crippen LogP contribution >= 0.6 is 0 Å². The van der Waals surface area contributed by atoms with E-state index in [0.717, 1.165) is 25.1 Å². The van der Waals surface area contributed by atoms with Gasteiger partial charge in [-0.05, 0) is 18.9 Å². The van der Waals surface area contributed by atoms with Crippen LogP contribution in [0.15, 0.2) is 17.1 Å². The number of carboxylic acid groups (broad SMARTS) is 1. The highest BCUT2D eigenvalue weighted by Gasteiger charge is 2.25. The molecule has 1 fully saturated rings. The second kappa shape index (κ2) is 5.45. The molecule has 0 saturated carbocycles.